The smallest absolute Gasteiger partial charge is 0.122 e. The highest BCUT2D eigenvalue weighted by molar-refractivity contribution is 5.43. The molecular formula is C13H21NO2. The molecule has 0 bridgehead atoms. The molecule has 3 heteroatoms. The fraction of sp³-hybridized carbons (Fsp3) is 0.538. The Hall–Kier alpha value is -1.06. The van der Waals surface area contributed by atoms with Crippen molar-refractivity contribution in [2.75, 3.05) is 26.8 Å². The van der Waals surface area contributed by atoms with Crippen molar-refractivity contribution in [3.8, 4) is 5.75 Å². The summed E-state index contributed by atoms with van der Waals surface area (Å²) < 4.78 is 5.39. The van der Waals surface area contributed by atoms with Crippen molar-refractivity contribution < 1.29 is 9.84 Å². The number of benzene rings is 1. The Labute approximate surface area is 97.4 Å². The lowest BCUT2D eigenvalue weighted by molar-refractivity contribution is 0.292. The van der Waals surface area contributed by atoms with E-state index in [0.29, 0.717) is 6.54 Å². The molecule has 0 aliphatic rings. The average molecular weight is 223 g/mol. The van der Waals surface area contributed by atoms with Crippen molar-refractivity contribution in [2.24, 2.45) is 0 Å². The Kier molecular flexibility index (Phi) is 5.29. The van der Waals surface area contributed by atoms with Gasteiger partial charge in [0.2, 0.25) is 0 Å². The summed E-state index contributed by atoms with van der Waals surface area (Å²) in [5, 5.41) is 11.8. The van der Waals surface area contributed by atoms with E-state index in [1.165, 1.54) is 16.7 Å². The van der Waals surface area contributed by atoms with Crippen LogP contribution in [0.4, 0.5) is 0 Å². The van der Waals surface area contributed by atoms with Crippen molar-refractivity contribution in [3.05, 3.63) is 28.8 Å². The number of nitrogens with one attached hydrogen (secondary N) is 1. The minimum absolute atomic E-state index is 0.185. The minimum Gasteiger partial charge on any atom is -0.496 e. The van der Waals surface area contributed by atoms with Crippen LogP contribution in [0.5, 0.6) is 5.75 Å². The van der Waals surface area contributed by atoms with Gasteiger partial charge < -0.3 is 15.2 Å². The van der Waals surface area contributed by atoms with Crippen molar-refractivity contribution in [2.45, 2.75) is 20.3 Å². The molecule has 0 aliphatic carbocycles. The number of aryl methyl sites for hydroxylation is 2. The summed E-state index contributed by atoms with van der Waals surface area (Å²) in [6.07, 6.45) is 0.926. The van der Waals surface area contributed by atoms with Gasteiger partial charge in [-0.15, -0.1) is 0 Å². The van der Waals surface area contributed by atoms with Crippen LogP contribution < -0.4 is 10.1 Å². The molecule has 1 aromatic rings. The van der Waals surface area contributed by atoms with Gasteiger partial charge in [0.05, 0.1) is 13.7 Å². The molecule has 0 fully saturated rings. The molecule has 90 valence electrons. The van der Waals surface area contributed by atoms with Crippen molar-refractivity contribution >= 4 is 0 Å². The molecule has 0 unspecified atom stereocenters. The van der Waals surface area contributed by atoms with Crippen LogP contribution in [0.25, 0.3) is 0 Å². The number of hydrogen-bond donors (Lipinski definition) is 2. The van der Waals surface area contributed by atoms with Crippen LogP contribution in [0.2, 0.25) is 0 Å². The summed E-state index contributed by atoms with van der Waals surface area (Å²) in [7, 11) is 1.71. The lowest BCUT2D eigenvalue weighted by atomic mass is 10.0. The number of aliphatic hydroxyl groups excluding tert-OH is 1. The van der Waals surface area contributed by atoms with E-state index in [9.17, 15) is 0 Å². The summed E-state index contributed by atoms with van der Waals surface area (Å²) >= 11 is 0. The molecule has 0 aromatic heterocycles. The van der Waals surface area contributed by atoms with Crippen LogP contribution in [0.3, 0.4) is 0 Å². The topological polar surface area (TPSA) is 41.5 Å². The highest BCUT2D eigenvalue weighted by Gasteiger charge is 2.06. The lowest BCUT2D eigenvalue weighted by Gasteiger charge is -2.13. The van der Waals surface area contributed by atoms with Gasteiger partial charge >= 0.3 is 0 Å². The zero-order chi connectivity index (χ0) is 12.0. The van der Waals surface area contributed by atoms with Gasteiger partial charge in [0, 0.05) is 6.54 Å². The van der Waals surface area contributed by atoms with Crippen LogP contribution in [-0.2, 0) is 6.42 Å². The second-order valence-corrected chi connectivity index (χ2v) is 3.99. The zero-order valence-electron chi connectivity index (χ0n) is 10.3. The fourth-order valence-electron chi connectivity index (χ4n) is 1.88. The molecule has 1 aromatic carbocycles. The van der Waals surface area contributed by atoms with Crippen molar-refractivity contribution in [3.63, 3.8) is 0 Å². The van der Waals surface area contributed by atoms with Crippen molar-refractivity contribution in [1.29, 1.82) is 0 Å². The van der Waals surface area contributed by atoms with Crippen molar-refractivity contribution in [1.82, 2.24) is 5.32 Å². The SMILES string of the molecule is COc1cc(C)cc(C)c1CCNCCO. The van der Waals surface area contributed by atoms with Gasteiger partial charge in [0.1, 0.15) is 5.75 Å². The largest absolute Gasteiger partial charge is 0.496 e. The summed E-state index contributed by atoms with van der Waals surface area (Å²) in [4.78, 5) is 0. The van der Waals surface area contributed by atoms with Gasteiger partial charge in [-0.1, -0.05) is 6.07 Å². The van der Waals surface area contributed by atoms with Crippen LogP contribution in [-0.4, -0.2) is 31.9 Å². The number of ether oxygens (including phenoxy) is 1. The standard InChI is InChI=1S/C13H21NO2/c1-10-8-11(2)12(13(9-10)16-3)4-5-14-6-7-15/h8-9,14-15H,4-7H2,1-3H3. The van der Waals surface area contributed by atoms with E-state index in [1.54, 1.807) is 7.11 Å². The zero-order valence-corrected chi connectivity index (χ0v) is 10.3. The molecule has 3 nitrogen and oxygen atoms in total. The second kappa shape index (κ2) is 6.51. The Bertz CT molecular complexity index is 337. The molecule has 2 N–H and O–H groups in total. The third-order valence-electron chi connectivity index (χ3n) is 2.64. The number of methoxy groups -OCH3 is 1. The summed E-state index contributed by atoms with van der Waals surface area (Å²) in [5.74, 6) is 0.961. The lowest BCUT2D eigenvalue weighted by Crippen LogP contribution is -2.21. The summed E-state index contributed by atoms with van der Waals surface area (Å²) in [6.45, 7) is 5.87. The van der Waals surface area contributed by atoms with Crippen LogP contribution in [0.1, 0.15) is 16.7 Å². The Morgan fingerprint density at radius 1 is 1.25 bits per heavy atom. The van der Waals surface area contributed by atoms with Gasteiger partial charge in [0.25, 0.3) is 0 Å². The molecule has 1 rings (SSSR count). The van der Waals surface area contributed by atoms with E-state index in [-0.39, 0.29) is 6.61 Å². The van der Waals surface area contributed by atoms with Gasteiger partial charge in [-0.2, -0.15) is 0 Å². The summed E-state index contributed by atoms with van der Waals surface area (Å²) in [5.41, 5.74) is 3.74. The predicted molar refractivity (Wildman–Crippen MR) is 66.1 cm³/mol. The highest BCUT2D eigenvalue weighted by atomic mass is 16.5. The molecule has 0 saturated carbocycles. The number of rotatable bonds is 6. The maximum absolute atomic E-state index is 8.67. The number of aliphatic hydroxyl groups is 1. The maximum atomic E-state index is 8.67. The van der Waals surface area contributed by atoms with E-state index in [0.717, 1.165) is 18.7 Å². The van der Waals surface area contributed by atoms with E-state index < -0.39 is 0 Å². The first-order valence-corrected chi connectivity index (χ1v) is 5.64. The predicted octanol–water partition coefficient (Wildman–Crippen LogP) is 1.44. The van der Waals surface area contributed by atoms with Gasteiger partial charge in [-0.3, -0.25) is 0 Å². The minimum atomic E-state index is 0.185. The normalized spacial score (nSPS) is 10.5. The molecular weight excluding hydrogens is 202 g/mol. The van der Waals surface area contributed by atoms with E-state index in [1.807, 2.05) is 0 Å². The average Bonchev–Trinajstić information content (AvgIpc) is 2.26. The second-order valence-electron chi connectivity index (χ2n) is 3.99. The van der Waals surface area contributed by atoms with E-state index in [2.05, 4.69) is 31.3 Å². The Balaban J connectivity index is 2.70. The first kappa shape index (κ1) is 13.0. The molecule has 0 saturated heterocycles. The highest BCUT2D eigenvalue weighted by Crippen LogP contribution is 2.24. The quantitative estimate of drug-likeness (QED) is 0.717. The molecule has 0 amide bonds. The first-order chi connectivity index (χ1) is 7.69. The van der Waals surface area contributed by atoms with Crippen LogP contribution >= 0.6 is 0 Å². The molecule has 0 atom stereocenters. The third-order valence-corrected chi connectivity index (χ3v) is 2.64. The van der Waals surface area contributed by atoms with Gasteiger partial charge in [-0.25, -0.2) is 0 Å². The maximum Gasteiger partial charge on any atom is 0.122 e. The Morgan fingerprint density at radius 2 is 2.00 bits per heavy atom. The monoisotopic (exact) mass is 223 g/mol. The van der Waals surface area contributed by atoms with Crippen LogP contribution in [0, 0.1) is 13.8 Å². The van der Waals surface area contributed by atoms with E-state index >= 15 is 0 Å². The fourth-order valence-corrected chi connectivity index (χ4v) is 1.88. The molecule has 0 spiro atoms. The van der Waals surface area contributed by atoms with E-state index in [4.69, 9.17) is 9.84 Å². The molecule has 0 aliphatic heterocycles. The molecule has 0 heterocycles. The Morgan fingerprint density at radius 3 is 2.62 bits per heavy atom. The number of hydrogen-bond acceptors (Lipinski definition) is 3. The van der Waals surface area contributed by atoms with Crippen LogP contribution in [0.15, 0.2) is 12.1 Å². The third kappa shape index (κ3) is 3.51. The first-order valence-electron chi connectivity index (χ1n) is 5.64. The van der Waals surface area contributed by atoms with Gasteiger partial charge in [-0.05, 0) is 49.6 Å². The summed E-state index contributed by atoms with van der Waals surface area (Å²) in [6, 6.07) is 4.23. The molecule has 0 radical (unpaired) electrons. The van der Waals surface area contributed by atoms with Gasteiger partial charge in [0.15, 0.2) is 0 Å². The molecule has 16 heavy (non-hydrogen) atoms.